The standard InChI is InChI=1S/C15H21N3O4S/c1-10(11-4-6-13(7-5-11)23(16,21)22)18(3)15(20)12-8-14(19)17(2)9-12/h4-7,10,12H,8-9H2,1-3H3,(H2,16,21,22)/t10-,12+/m0/s1. The van der Waals surface area contributed by atoms with Crippen LogP contribution in [0.3, 0.4) is 0 Å². The lowest BCUT2D eigenvalue weighted by Gasteiger charge is -2.27. The highest BCUT2D eigenvalue weighted by Crippen LogP contribution is 2.25. The molecule has 0 aliphatic carbocycles. The van der Waals surface area contributed by atoms with Crippen LogP contribution in [0.4, 0.5) is 0 Å². The molecule has 1 fully saturated rings. The Hall–Kier alpha value is -1.93. The zero-order chi connectivity index (χ0) is 17.4. The molecular formula is C15H21N3O4S. The Kier molecular flexibility index (Phi) is 4.76. The lowest BCUT2D eigenvalue weighted by molar-refractivity contribution is -0.136. The highest BCUT2D eigenvalue weighted by molar-refractivity contribution is 7.89. The van der Waals surface area contributed by atoms with Crippen LogP contribution < -0.4 is 5.14 Å². The zero-order valence-electron chi connectivity index (χ0n) is 13.4. The lowest BCUT2D eigenvalue weighted by atomic mass is 10.0. The molecule has 0 radical (unpaired) electrons. The second-order valence-corrected chi connectivity index (χ2v) is 7.48. The molecule has 2 N–H and O–H groups in total. The normalized spacial score (nSPS) is 19.7. The molecule has 0 aromatic heterocycles. The number of nitrogens with two attached hydrogens (primary N) is 1. The fraction of sp³-hybridized carbons (Fsp3) is 0.467. The fourth-order valence-corrected chi connectivity index (χ4v) is 3.18. The molecule has 0 saturated carbocycles. The van der Waals surface area contributed by atoms with Crippen LogP contribution in [0.15, 0.2) is 29.2 Å². The van der Waals surface area contributed by atoms with Crippen LogP contribution in [0, 0.1) is 5.92 Å². The summed E-state index contributed by atoms with van der Waals surface area (Å²) in [4.78, 5) is 27.3. The van der Waals surface area contributed by atoms with Gasteiger partial charge in [-0.2, -0.15) is 0 Å². The number of hydrogen-bond donors (Lipinski definition) is 1. The number of rotatable bonds is 4. The van der Waals surface area contributed by atoms with Gasteiger partial charge in [0.15, 0.2) is 0 Å². The quantitative estimate of drug-likeness (QED) is 0.854. The maximum Gasteiger partial charge on any atom is 0.238 e. The van der Waals surface area contributed by atoms with Gasteiger partial charge in [0.05, 0.1) is 16.9 Å². The van der Waals surface area contributed by atoms with Crippen molar-refractivity contribution in [2.75, 3.05) is 20.6 Å². The van der Waals surface area contributed by atoms with E-state index in [9.17, 15) is 18.0 Å². The first-order chi connectivity index (χ1) is 10.6. The van der Waals surface area contributed by atoms with Gasteiger partial charge in [-0.05, 0) is 24.6 Å². The van der Waals surface area contributed by atoms with E-state index in [0.717, 1.165) is 5.56 Å². The van der Waals surface area contributed by atoms with Crippen LogP contribution >= 0.6 is 0 Å². The van der Waals surface area contributed by atoms with E-state index >= 15 is 0 Å². The van der Waals surface area contributed by atoms with Gasteiger partial charge in [-0.1, -0.05) is 12.1 Å². The van der Waals surface area contributed by atoms with E-state index < -0.39 is 10.0 Å². The van der Waals surface area contributed by atoms with Gasteiger partial charge in [-0.25, -0.2) is 13.6 Å². The van der Waals surface area contributed by atoms with E-state index in [2.05, 4.69) is 0 Å². The Labute approximate surface area is 136 Å². The SMILES string of the molecule is C[C@@H](c1ccc(S(N)(=O)=O)cc1)N(C)C(=O)[C@@H]1CC(=O)N(C)C1. The van der Waals surface area contributed by atoms with Crippen LogP contribution in [0.25, 0.3) is 0 Å². The number of carbonyl (C=O) groups is 2. The summed E-state index contributed by atoms with van der Waals surface area (Å²) in [5, 5.41) is 5.07. The Morgan fingerprint density at radius 3 is 2.35 bits per heavy atom. The number of benzene rings is 1. The van der Waals surface area contributed by atoms with Gasteiger partial charge in [0.25, 0.3) is 0 Å². The number of carbonyl (C=O) groups excluding carboxylic acids is 2. The molecule has 0 spiro atoms. The average Bonchev–Trinajstić information content (AvgIpc) is 2.83. The highest BCUT2D eigenvalue weighted by Gasteiger charge is 2.35. The summed E-state index contributed by atoms with van der Waals surface area (Å²) >= 11 is 0. The zero-order valence-corrected chi connectivity index (χ0v) is 14.2. The largest absolute Gasteiger partial charge is 0.345 e. The minimum atomic E-state index is -3.73. The number of likely N-dealkylation sites (tertiary alicyclic amines) is 1. The maximum absolute atomic E-state index is 12.5. The van der Waals surface area contributed by atoms with Crippen molar-refractivity contribution in [2.24, 2.45) is 11.1 Å². The molecule has 1 heterocycles. The third kappa shape index (κ3) is 3.70. The topological polar surface area (TPSA) is 101 Å². The van der Waals surface area contributed by atoms with Crippen LogP contribution in [0.2, 0.25) is 0 Å². The number of amides is 2. The Balaban J connectivity index is 2.11. The summed E-state index contributed by atoms with van der Waals surface area (Å²) in [6.45, 7) is 2.28. The number of hydrogen-bond acceptors (Lipinski definition) is 4. The summed E-state index contributed by atoms with van der Waals surface area (Å²) < 4.78 is 22.5. The van der Waals surface area contributed by atoms with Crippen LogP contribution in [-0.4, -0.2) is 50.7 Å². The Morgan fingerprint density at radius 2 is 1.91 bits per heavy atom. The van der Waals surface area contributed by atoms with Crippen LogP contribution in [0.1, 0.15) is 24.9 Å². The highest BCUT2D eigenvalue weighted by atomic mass is 32.2. The van der Waals surface area contributed by atoms with Gasteiger partial charge in [-0.15, -0.1) is 0 Å². The van der Waals surface area contributed by atoms with E-state index in [1.807, 2.05) is 6.92 Å². The molecule has 1 saturated heterocycles. The fourth-order valence-electron chi connectivity index (χ4n) is 2.67. The molecule has 0 bridgehead atoms. The van der Waals surface area contributed by atoms with Crippen molar-refractivity contribution in [1.82, 2.24) is 9.80 Å². The van der Waals surface area contributed by atoms with Gasteiger partial charge in [-0.3, -0.25) is 9.59 Å². The molecule has 7 nitrogen and oxygen atoms in total. The van der Waals surface area contributed by atoms with E-state index in [1.54, 1.807) is 36.0 Å². The summed E-state index contributed by atoms with van der Waals surface area (Å²) in [5.41, 5.74) is 0.797. The predicted octanol–water partition coefficient (Wildman–Crippen LogP) is 0.332. The predicted molar refractivity (Wildman–Crippen MR) is 84.7 cm³/mol. The number of nitrogens with zero attached hydrogens (tertiary/aromatic N) is 2. The van der Waals surface area contributed by atoms with Crippen molar-refractivity contribution in [3.63, 3.8) is 0 Å². The summed E-state index contributed by atoms with van der Waals surface area (Å²) in [6.07, 6.45) is 0.233. The molecular weight excluding hydrogens is 318 g/mol. The van der Waals surface area contributed by atoms with Crippen molar-refractivity contribution in [3.8, 4) is 0 Å². The van der Waals surface area contributed by atoms with Crippen LogP contribution in [-0.2, 0) is 19.6 Å². The monoisotopic (exact) mass is 339 g/mol. The van der Waals surface area contributed by atoms with Crippen molar-refractivity contribution in [3.05, 3.63) is 29.8 Å². The van der Waals surface area contributed by atoms with E-state index in [-0.39, 0.29) is 35.1 Å². The Bertz CT molecular complexity index is 715. The third-order valence-corrected chi connectivity index (χ3v) is 5.24. The maximum atomic E-state index is 12.5. The molecule has 8 heteroatoms. The second kappa shape index (κ2) is 6.29. The smallest absolute Gasteiger partial charge is 0.238 e. The van der Waals surface area contributed by atoms with E-state index in [4.69, 9.17) is 5.14 Å². The Morgan fingerprint density at radius 1 is 1.35 bits per heavy atom. The van der Waals surface area contributed by atoms with Gasteiger partial charge < -0.3 is 9.80 Å². The lowest BCUT2D eigenvalue weighted by Crippen LogP contribution is -2.36. The summed E-state index contributed by atoms with van der Waals surface area (Å²) in [7, 11) is -0.361. The van der Waals surface area contributed by atoms with Crippen molar-refractivity contribution < 1.29 is 18.0 Å². The molecule has 2 atom stereocenters. The summed E-state index contributed by atoms with van der Waals surface area (Å²) in [6, 6.07) is 5.89. The first-order valence-corrected chi connectivity index (χ1v) is 8.79. The molecule has 2 rings (SSSR count). The first kappa shape index (κ1) is 17.4. The van der Waals surface area contributed by atoms with E-state index in [1.165, 1.54) is 12.1 Å². The number of primary sulfonamides is 1. The molecule has 0 unspecified atom stereocenters. The number of sulfonamides is 1. The molecule has 2 amide bonds. The molecule has 1 aliphatic heterocycles. The molecule has 23 heavy (non-hydrogen) atoms. The van der Waals surface area contributed by atoms with Gasteiger partial charge in [0.1, 0.15) is 0 Å². The third-order valence-electron chi connectivity index (χ3n) is 4.31. The molecule has 1 aliphatic rings. The van der Waals surface area contributed by atoms with Gasteiger partial charge in [0, 0.05) is 27.1 Å². The van der Waals surface area contributed by atoms with Crippen molar-refractivity contribution >= 4 is 21.8 Å². The van der Waals surface area contributed by atoms with Gasteiger partial charge in [0.2, 0.25) is 21.8 Å². The average molecular weight is 339 g/mol. The minimum absolute atomic E-state index is 0.0260. The summed E-state index contributed by atoms with van der Waals surface area (Å²) in [5.74, 6) is -0.448. The minimum Gasteiger partial charge on any atom is -0.345 e. The second-order valence-electron chi connectivity index (χ2n) is 5.91. The molecule has 126 valence electrons. The van der Waals surface area contributed by atoms with Crippen molar-refractivity contribution in [2.45, 2.75) is 24.3 Å². The molecule has 1 aromatic rings. The van der Waals surface area contributed by atoms with E-state index in [0.29, 0.717) is 6.54 Å². The first-order valence-electron chi connectivity index (χ1n) is 7.24. The molecule has 1 aromatic carbocycles. The van der Waals surface area contributed by atoms with Crippen molar-refractivity contribution in [1.29, 1.82) is 0 Å². The van der Waals surface area contributed by atoms with Crippen LogP contribution in [0.5, 0.6) is 0 Å². The van der Waals surface area contributed by atoms with Gasteiger partial charge >= 0.3 is 0 Å².